The molecule has 0 fully saturated rings. The minimum absolute atomic E-state index is 0.780. The fourth-order valence-corrected chi connectivity index (χ4v) is 2.33. The molecule has 0 atom stereocenters. The highest BCUT2D eigenvalue weighted by Crippen LogP contribution is 2.21. The van der Waals surface area contributed by atoms with Crippen molar-refractivity contribution in [3.63, 3.8) is 0 Å². The second kappa shape index (κ2) is 6.62. The zero-order valence-corrected chi connectivity index (χ0v) is 12.9. The van der Waals surface area contributed by atoms with Crippen LogP contribution in [0.3, 0.4) is 0 Å². The summed E-state index contributed by atoms with van der Waals surface area (Å²) < 4.78 is 5.93. The summed E-state index contributed by atoms with van der Waals surface area (Å²) >= 11 is 0. The van der Waals surface area contributed by atoms with E-state index in [2.05, 4.69) is 61.3 Å². The summed E-state index contributed by atoms with van der Waals surface area (Å²) in [4.78, 5) is 2.32. The third-order valence-electron chi connectivity index (χ3n) is 3.54. The van der Waals surface area contributed by atoms with E-state index in [4.69, 9.17) is 4.42 Å². The van der Waals surface area contributed by atoms with E-state index in [0.717, 1.165) is 31.2 Å². The third kappa shape index (κ3) is 3.42. The molecule has 1 aromatic carbocycles. The Kier molecular flexibility index (Phi) is 4.85. The number of benzene rings is 1. The zero-order valence-electron chi connectivity index (χ0n) is 12.9. The van der Waals surface area contributed by atoms with Gasteiger partial charge >= 0.3 is 0 Å². The van der Waals surface area contributed by atoms with Crippen molar-refractivity contribution in [2.45, 2.75) is 33.9 Å². The van der Waals surface area contributed by atoms with Crippen molar-refractivity contribution in [3.8, 4) is 0 Å². The Morgan fingerprint density at radius 1 is 1.15 bits per heavy atom. The van der Waals surface area contributed by atoms with Crippen LogP contribution in [-0.2, 0) is 13.1 Å². The number of anilines is 1. The topological polar surface area (TPSA) is 28.4 Å². The van der Waals surface area contributed by atoms with E-state index in [0.29, 0.717) is 0 Å². The quantitative estimate of drug-likeness (QED) is 0.870. The first-order valence-corrected chi connectivity index (χ1v) is 7.18. The van der Waals surface area contributed by atoms with Crippen LogP contribution < -0.4 is 10.2 Å². The van der Waals surface area contributed by atoms with Crippen molar-refractivity contribution in [1.82, 2.24) is 5.32 Å². The summed E-state index contributed by atoms with van der Waals surface area (Å²) in [6.45, 7) is 8.93. The summed E-state index contributed by atoms with van der Waals surface area (Å²) in [6, 6.07) is 10.8. The lowest BCUT2D eigenvalue weighted by atomic mass is 10.2. The maximum absolute atomic E-state index is 5.93. The average molecular weight is 272 g/mol. The molecule has 0 spiro atoms. The highest BCUT2D eigenvalue weighted by molar-refractivity contribution is 5.47. The standard InChI is InChI=1S/C17H24N2O/c1-5-19(15-8-6-13(2)7-9-15)12-16-10-14(3)17(20-16)11-18-4/h6-10,18H,5,11-12H2,1-4H3. The lowest BCUT2D eigenvalue weighted by Crippen LogP contribution is -2.21. The SMILES string of the molecule is CCN(Cc1cc(C)c(CNC)o1)c1ccc(C)cc1. The molecule has 1 aromatic heterocycles. The fourth-order valence-electron chi connectivity index (χ4n) is 2.33. The Morgan fingerprint density at radius 2 is 1.85 bits per heavy atom. The molecule has 0 unspecified atom stereocenters. The minimum Gasteiger partial charge on any atom is -0.463 e. The molecule has 108 valence electrons. The Hall–Kier alpha value is -1.74. The van der Waals surface area contributed by atoms with Crippen LogP contribution in [0.25, 0.3) is 0 Å². The van der Waals surface area contributed by atoms with E-state index in [9.17, 15) is 0 Å². The van der Waals surface area contributed by atoms with E-state index >= 15 is 0 Å². The molecule has 0 aliphatic heterocycles. The summed E-state index contributed by atoms with van der Waals surface area (Å²) in [5.41, 5.74) is 3.74. The Morgan fingerprint density at radius 3 is 2.45 bits per heavy atom. The maximum Gasteiger partial charge on any atom is 0.123 e. The highest BCUT2D eigenvalue weighted by atomic mass is 16.3. The van der Waals surface area contributed by atoms with Gasteiger partial charge in [0.15, 0.2) is 0 Å². The molecular formula is C17H24N2O. The number of rotatable bonds is 6. The number of hydrogen-bond acceptors (Lipinski definition) is 3. The van der Waals surface area contributed by atoms with Crippen molar-refractivity contribution < 1.29 is 4.42 Å². The molecule has 2 rings (SSSR count). The highest BCUT2D eigenvalue weighted by Gasteiger charge is 2.11. The van der Waals surface area contributed by atoms with Crippen molar-refractivity contribution in [3.05, 3.63) is 53.0 Å². The molecule has 2 aromatic rings. The number of hydrogen-bond donors (Lipinski definition) is 1. The first-order valence-electron chi connectivity index (χ1n) is 7.18. The molecule has 1 N–H and O–H groups in total. The second-order valence-electron chi connectivity index (χ2n) is 5.20. The molecule has 0 amide bonds. The number of aryl methyl sites for hydroxylation is 2. The van der Waals surface area contributed by atoms with Crippen molar-refractivity contribution >= 4 is 5.69 Å². The van der Waals surface area contributed by atoms with Gasteiger partial charge in [-0.1, -0.05) is 17.7 Å². The van der Waals surface area contributed by atoms with Gasteiger partial charge in [0.25, 0.3) is 0 Å². The van der Waals surface area contributed by atoms with Gasteiger partial charge in [-0.25, -0.2) is 0 Å². The molecule has 0 aliphatic carbocycles. The monoisotopic (exact) mass is 272 g/mol. The van der Waals surface area contributed by atoms with Gasteiger partial charge in [0.05, 0.1) is 13.1 Å². The number of nitrogens with zero attached hydrogens (tertiary/aromatic N) is 1. The van der Waals surface area contributed by atoms with Crippen molar-refractivity contribution in [1.29, 1.82) is 0 Å². The molecule has 3 nitrogen and oxygen atoms in total. The minimum atomic E-state index is 0.780. The largest absolute Gasteiger partial charge is 0.463 e. The van der Waals surface area contributed by atoms with Crippen LogP contribution >= 0.6 is 0 Å². The van der Waals surface area contributed by atoms with Crippen LogP contribution in [0.5, 0.6) is 0 Å². The molecule has 0 saturated heterocycles. The van der Waals surface area contributed by atoms with E-state index in [-0.39, 0.29) is 0 Å². The van der Waals surface area contributed by atoms with E-state index in [1.54, 1.807) is 0 Å². The van der Waals surface area contributed by atoms with Crippen LogP contribution in [0.4, 0.5) is 5.69 Å². The summed E-state index contributed by atoms with van der Waals surface area (Å²) in [7, 11) is 1.94. The first kappa shape index (κ1) is 14.7. The van der Waals surface area contributed by atoms with Crippen LogP contribution in [0.15, 0.2) is 34.7 Å². The van der Waals surface area contributed by atoms with Gasteiger partial charge in [-0.05, 0) is 51.6 Å². The van der Waals surface area contributed by atoms with E-state index < -0.39 is 0 Å². The Bertz CT molecular complexity index is 543. The van der Waals surface area contributed by atoms with Gasteiger partial charge in [0.1, 0.15) is 11.5 Å². The normalized spacial score (nSPS) is 10.8. The first-order chi connectivity index (χ1) is 9.63. The van der Waals surface area contributed by atoms with Crippen LogP contribution in [0, 0.1) is 13.8 Å². The van der Waals surface area contributed by atoms with Crippen LogP contribution in [0.1, 0.15) is 29.6 Å². The van der Waals surface area contributed by atoms with Crippen LogP contribution in [0.2, 0.25) is 0 Å². The van der Waals surface area contributed by atoms with Gasteiger partial charge in [-0.2, -0.15) is 0 Å². The van der Waals surface area contributed by atoms with Crippen LogP contribution in [-0.4, -0.2) is 13.6 Å². The summed E-state index contributed by atoms with van der Waals surface area (Å²) in [5.74, 6) is 2.05. The number of nitrogens with one attached hydrogen (secondary N) is 1. The van der Waals surface area contributed by atoms with Gasteiger partial charge in [-0.15, -0.1) is 0 Å². The third-order valence-corrected chi connectivity index (χ3v) is 3.54. The van der Waals surface area contributed by atoms with Gasteiger partial charge in [0.2, 0.25) is 0 Å². The fraction of sp³-hybridized carbons (Fsp3) is 0.412. The average Bonchev–Trinajstić information content (AvgIpc) is 2.78. The van der Waals surface area contributed by atoms with E-state index in [1.807, 2.05) is 7.05 Å². The maximum atomic E-state index is 5.93. The summed E-state index contributed by atoms with van der Waals surface area (Å²) in [5, 5.41) is 3.14. The predicted octanol–water partition coefficient (Wildman–Crippen LogP) is 3.64. The number of furan rings is 1. The molecular weight excluding hydrogens is 248 g/mol. The zero-order chi connectivity index (χ0) is 14.5. The van der Waals surface area contributed by atoms with Gasteiger partial charge in [0, 0.05) is 12.2 Å². The second-order valence-corrected chi connectivity index (χ2v) is 5.20. The van der Waals surface area contributed by atoms with Crippen molar-refractivity contribution in [2.24, 2.45) is 0 Å². The molecule has 0 aliphatic rings. The van der Waals surface area contributed by atoms with Crippen molar-refractivity contribution in [2.75, 3.05) is 18.5 Å². The molecule has 20 heavy (non-hydrogen) atoms. The lowest BCUT2D eigenvalue weighted by molar-refractivity contribution is 0.449. The molecule has 0 bridgehead atoms. The Balaban J connectivity index is 2.13. The smallest absolute Gasteiger partial charge is 0.123 e. The molecule has 1 heterocycles. The lowest BCUT2D eigenvalue weighted by Gasteiger charge is -2.22. The van der Waals surface area contributed by atoms with E-state index in [1.165, 1.54) is 16.8 Å². The molecule has 0 radical (unpaired) electrons. The molecule has 0 saturated carbocycles. The van der Waals surface area contributed by atoms with Gasteiger partial charge < -0.3 is 14.6 Å². The Labute approximate surface area is 121 Å². The summed E-state index contributed by atoms with van der Waals surface area (Å²) in [6.07, 6.45) is 0. The van der Waals surface area contributed by atoms with Gasteiger partial charge in [-0.3, -0.25) is 0 Å². The molecule has 3 heteroatoms. The predicted molar refractivity (Wildman–Crippen MR) is 84.1 cm³/mol.